The van der Waals surface area contributed by atoms with E-state index in [1.54, 1.807) is 28.4 Å². The van der Waals surface area contributed by atoms with Gasteiger partial charge in [-0.25, -0.2) is 4.79 Å². The second kappa shape index (κ2) is 10.5. The number of esters is 1. The van der Waals surface area contributed by atoms with Crippen molar-refractivity contribution in [3.8, 4) is 11.5 Å². The van der Waals surface area contributed by atoms with Gasteiger partial charge in [0.15, 0.2) is 18.1 Å². The van der Waals surface area contributed by atoms with Crippen molar-refractivity contribution in [2.75, 3.05) is 26.4 Å². The molecule has 0 bridgehead atoms. The molecule has 29 heavy (non-hydrogen) atoms. The van der Waals surface area contributed by atoms with Crippen LogP contribution in [0.4, 0.5) is 0 Å². The van der Waals surface area contributed by atoms with Crippen LogP contribution in [0.2, 0.25) is 0 Å². The summed E-state index contributed by atoms with van der Waals surface area (Å²) in [6.45, 7) is 5.44. The first kappa shape index (κ1) is 20.7. The first-order valence-electron chi connectivity index (χ1n) is 9.31. The Labute approximate surface area is 174 Å². The summed E-state index contributed by atoms with van der Waals surface area (Å²) >= 11 is 1.57. The zero-order valence-electron chi connectivity index (χ0n) is 16.0. The summed E-state index contributed by atoms with van der Waals surface area (Å²) in [5, 5.41) is 1.95. The molecule has 1 aromatic heterocycles. The van der Waals surface area contributed by atoms with Crippen LogP contribution in [0.25, 0.3) is 6.08 Å². The highest BCUT2D eigenvalue weighted by Crippen LogP contribution is 2.30. The summed E-state index contributed by atoms with van der Waals surface area (Å²) in [4.78, 5) is 27.0. The third-order valence-electron chi connectivity index (χ3n) is 4.15. The van der Waals surface area contributed by atoms with E-state index in [4.69, 9.17) is 14.2 Å². The van der Waals surface area contributed by atoms with Gasteiger partial charge in [-0.1, -0.05) is 18.2 Å². The molecular formula is C22H23NO5S. The highest BCUT2D eigenvalue weighted by Gasteiger charge is 2.15. The molecule has 0 fully saturated rings. The van der Waals surface area contributed by atoms with Gasteiger partial charge >= 0.3 is 5.97 Å². The van der Waals surface area contributed by atoms with Crippen molar-refractivity contribution in [3.05, 3.63) is 64.9 Å². The fourth-order valence-electron chi connectivity index (χ4n) is 2.72. The maximum atomic E-state index is 12.4. The van der Waals surface area contributed by atoms with Crippen molar-refractivity contribution in [1.29, 1.82) is 0 Å². The second-order valence-electron chi connectivity index (χ2n) is 6.34. The Bertz CT molecular complexity index is 875. The first-order chi connectivity index (χ1) is 14.2. The number of amides is 1. The summed E-state index contributed by atoms with van der Waals surface area (Å²) in [6.07, 6.45) is 5.39. The molecule has 2 aromatic rings. The highest BCUT2D eigenvalue weighted by molar-refractivity contribution is 7.09. The lowest BCUT2D eigenvalue weighted by molar-refractivity contribution is -0.148. The molecule has 0 aliphatic carbocycles. The van der Waals surface area contributed by atoms with Crippen molar-refractivity contribution in [2.45, 2.75) is 13.0 Å². The highest BCUT2D eigenvalue weighted by atomic mass is 32.1. The molecule has 0 unspecified atom stereocenters. The Morgan fingerprint density at radius 3 is 2.79 bits per heavy atom. The fourth-order valence-corrected chi connectivity index (χ4v) is 3.44. The fraction of sp³-hybridized carbons (Fsp3) is 0.273. The Morgan fingerprint density at radius 1 is 1.21 bits per heavy atom. The first-order valence-corrected chi connectivity index (χ1v) is 10.2. The zero-order chi connectivity index (χ0) is 20.5. The molecule has 0 radical (unpaired) electrons. The van der Waals surface area contributed by atoms with Gasteiger partial charge < -0.3 is 19.1 Å². The van der Waals surface area contributed by atoms with Crippen LogP contribution in [0.5, 0.6) is 11.5 Å². The Kier molecular flexibility index (Phi) is 7.47. The van der Waals surface area contributed by atoms with Gasteiger partial charge in [-0.15, -0.1) is 17.9 Å². The number of nitrogens with zero attached hydrogens (tertiary/aromatic N) is 1. The lowest BCUT2D eigenvalue weighted by atomic mass is 10.2. The minimum absolute atomic E-state index is 0.268. The number of fused-ring (bicyclic) bond motifs is 1. The molecule has 0 atom stereocenters. The molecule has 7 heteroatoms. The molecule has 2 heterocycles. The van der Waals surface area contributed by atoms with E-state index in [-0.39, 0.29) is 12.5 Å². The van der Waals surface area contributed by atoms with Gasteiger partial charge in [0, 0.05) is 23.9 Å². The van der Waals surface area contributed by atoms with Crippen LogP contribution < -0.4 is 9.47 Å². The van der Waals surface area contributed by atoms with Gasteiger partial charge in [0.1, 0.15) is 0 Å². The predicted molar refractivity (Wildman–Crippen MR) is 112 cm³/mol. The minimum atomic E-state index is -0.583. The van der Waals surface area contributed by atoms with Crippen LogP contribution in [-0.4, -0.2) is 43.1 Å². The topological polar surface area (TPSA) is 65.1 Å². The molecule has 1 amide bonds. The monoisotopic (exact) mass is 413 g/mol. The third-order valence-corrected chi connectivity index (χ3v) is 5.01. The Balaban J connectivity index is 1.52. The van der Waals surface area contributed by atoms with Crippen LogP contribution in [-0.2, 0) is 20.9 Å². The summed E-state index contributed by atoms with van der Waals surface area (Å²) < 4.78 is 16.3. The van der Waals surface area contributed by atoms with Crippen LogP contribution in [0.1, 0.15) is 16.9 Å². The van der Waals surface area contributed by atoms with Crippen molar-refractivity contribution < 1.29 is 23.8 Å². The largest absolute Gasteiger partial charge is 0.490 e. The Hall–Kier alpha value is -3.06. The van der Waals surface area contributed by atoms with Gasteiger partial charge in [-0.2, -0.15) is 0 Å². The number of carbonyl (C=O) groups is 2. The molecular weight excluding hydrogens is 390 g/mol. The average molecular weight is 413 g/mol. The third kappa shape index (κ3) is 6.22. The van der Waals surface area contributed by atoms with E-state index in [1.165, 1.54) is 6.08 Å². The summed E-state index contributed by atoms with van der Waals surface area (Å²) in [5.41, 5.74) is 0.781. The van der Waals surface area contributed by atoms with E-state index in [2.05, 4.69) is 6.58 Å². The van der Waals surface area contributed by atoms with Crippen molar-refractivity contribution in [3.63, 3.8) is 0 Å². The van der Waals surface area contributed by atoms with Crippen molar-refractivity contribution in [2.24, 2.45) is 0 Å². The van der Waals surface area contributed by atoms with Crippen LogP contribution in [0, 0.1) is 0 Å². The summed E-state index contributed by atoms with van der Waals surface area (Å²) in [5.74, 6) is 0.499. The van der Waals surface area contributed by atoms with Crippen molar-refractivity contribution in [1.82, 2.24) is 4.90 Å². The molecule has 6 nitrogen and oxygen atoms in total. The van der Waals surface area contributed by atoms with Gasteiger partial charge in [-0.05, 0) is 35.2 Å². The molecule has 0 N–H and O–H groups in total. The normalized spacial score (nSPS) is 13.0. The number of hydrogen-bond donors (Lipinski definition) is 0. The smallest absolute Gasteiger partial charge is 0.331 e. The number of rotatable bonds is 8. The van der Waals surface area contributed by atoms with E-state index < -0.39 is 5.97 Å². The van der Waals surface area contributed by atoms with Gasteiger partial charge in [0.2, 0.25) is 0 Å². The van der Waals surface area contributed by atoms with Gasteiger partial charge in [0.25, 0.3) is 5.91 Å². The van der Waals surface area contributed by atoms with E-state index >= 15 is 0 Å². The minimum Gasteiger partial charge on any atom is -0.490 e. The zero-order valence-corrected chi connectivity index (χ0v) is 16.9. The molecule has 0 spiro atoms. The maximum Gasteiger partial charge on any atom is 0.331 e. The number of benzene rings is 1. The van der Waals surface area contributed by atoms with Gasteiger partial charge in [0.05, 0.1) is 19.8 Å². The van der Waals surface area contributed by atoms with Gasteiger partial charge in [-0.3, -0.25) is 4.79 Å². The number of thiophene rings is 1. The van der Waals surface area contributed by atoms with Crippen molar-refractivity contribution >= 4 is 29.3 Å². The quantitative estimate of drug-likeness (QED) is 0.375. The average Bonchev–Trinajstić information content (AvgIpc) is 3.13. The number of hydrogen-bond acceptors (Lipinski definition) is 6. The predicted octanol–water partition coefficient (Wildman–Crippen LogP) is 3.68. The van der Waals surface area contributed by atoms with E-state index in [0.717, 1.165) is 16.9 Å². The van der Waals surface area contributed by atoms with E-state index in [0.29, 0.717) is 37.8 Å². The number of carbonyl (C=O) groups excluding carboxylic acids is 2. The molecule has 0 saturated carbocycles. The van der Waals surface area contributed by atoms with E-state index in [9.17, 15) is 9.59 Å². The molecule has 1 aromatic carbocycles. The molecule has 1 aliphatic rings. The summed E-state index contributed by atoms with van der Waals surface area (Å²) in [7, 11) is 0. The number of ether oxygens (including phenoxy) is 3. The van der Waals surface area contributed by atoms with E-state index in [1.807, 2.05) is 35.7 Å². The maximum absolute atomic E-state index is 12.4. The van der Waals surface area contributed by atoms with Crippen LogP contribution in [0.15, 0.2) is 54.4 Å². The lowest BCUT2D eigenvalue weighted by Crippen LogP contribution is -2.34. The van der Waals surface area contributed by atoms with Crippen LogP contribution >= 0.6 is 11.3 Å². The molecule has 0 saturated heterocycles. The molecule has 152 valence electrons. The SMILES string of the molecule is C=CCN(Cc1cccs1)C(=O)COC(=O)/C=C/c1ccc2c(c1)OCCCO2. The standard InChI is InChI=1S/C22H23NO5S/c1-2-10-23(15-18-5-3-13-29-18)21(24)16-28-22(25)9-7-17-6-8-19-20(14-17)27-12-4-11-26-19/h2-3,5-9,13-14H,1,4,10-12,15-16H2/b9-7+. The molecule has 3 rings (SSSR count). The second-order valence-corrected chi connectivity index (χ2v) is 7.37. The molecule has 1 aliphatic heterocycles. The lowest BCUT2D eigenvalue weighted by Gasteiger charge is -2.20. The van der Waals surface area contributed by atoms with Crippen LogP contribution in [0.3, 0.4) is 0 Å². The summed E-state index contributed by atoms with van der Waals surface area (Å²) in [6, 6.07) is 9.34. The Morgan fingerprint density at radius 2 is 2.03 bits per heavy atom.